The molecule has 1 fully saturated rings. The highest BCUT2D eigenvalue weighted by Crippen LogP contribution is 2.41. The highest BCUT2D eigenvalue weighted by Gasteiger charge is 2.57. The molecule has 1 saturated heterocycles. The van der Waals surface area contributed by atoms with Crippen molar-refractivity contribution in [3.05, 3.63) is 97.1 Å². The molecule has 0 N–H and O–H groups in total. The van der Waals surface area contributed by atoms with Crippen molar-refractivity contribution in [1.82, 2.24) is 0 Å². The molecule has 1 aliphatic rings. The zero-order valence-corrected chi connectivity index (χ0v) is 66.6. The highest BCUT2D eigenvalue weighted by atomic mass is 28.5. The Morgan fingerprint density at radius 3 is 0.778 bits per heavy atom. The smallest absolute Gasteiger partial charge is 0.317 e. The summed E-state index contributed by atoms with van der Waals surface area (Å²) in [6.07, 6.45) is 2.10. The van der Waals surface area contributed by atoms with Crippen molar-refractivity contribution in [3.8, 4) is 0 Å². The van der Waals surface area contributed by atoms with Gasteiger partial charge in [0, 0.05) is 79.1 Å². The summed E-state index contributed by atoms with van der Waals surface area (Å²) in [6, 6.07) is 48.1. The lowest BCUT2D eigenvalue weighted by atomic mass is 10.3. The maximum atomic E-state index is 7.44. The normalized spacial score (nSPS) is 21.4. The van der Waals surface area contributed by atoms with E-state index in [1.807, 2.05) is 0 Å². The molecule has 0 saturated carbocycles. The van der Waals surface area contributed by atoms with Gasteiger partial charge in [-0.1, -0.05) is 173 Å². The van der Waals surface area contributed by atoms with Crippen molar-refractivity contribution in [2.45, 2.75) is 192 Å². The van der Waals surface area contributed by atoms with Crippen molar-refractivity contribution in [2.24, 2.45) is 0 Å². The van der Waals surface area contributed by atoms with Gasteiger partial charge in [0.15, 0.2) is 16.6 Å². The molecule has 1 heterocycles. The van der Waals surface area contributed by atoms with Crippen LogP contribution < -0.4 is 40.3 Å². The largest absolute Gasteiger partial charge is 0.456 e. The number of hydrogen-bond acceptors (Lipinski definition) is 9. The molecule has 81 heavy (non-hydrogen) atoms. The Morgan fingerprint density at radius 1 is 0.333 bits per heavy atom. The first-order valence-corrected chi connectivity index (χ1v) is 59.9. The second-order valence-corrected chi connectivity index (χ2v) is 72.0. The summed E-state index contributed by atoms with van der Waals surface area (Å²) in [5, 5.41) is 6.13. The van der Waals surface area contributed by atoms with Crippen LogP contribution in [0.25, 0.3) is 0 Å². The van der Waals surface area contributed by atoms with Crippen LogP contribution in [0.2, 0.25) is 165 Å². The number of hydrogen-bond donors (Lipinski definition) is 0. The Hall–Kier alpha value is -1.95. The molecule has 19 heteroatoms. The van der Waals surface area contributed by atoms with Gasteiger partial charge in [0.05, 0.1) is 32.3 Å². The minimum absolute atomic E-state index is 0.981. The van der Waals surface area contributed by atoms with Crippen LogP contribution in [0.4, 0.5) is 22.7 Å². The average Bonchev–Trinajstić information content (AvgIpc) is 3.36. The van der Waals surface area contributed by atoms with Crippen LogP contribution in [-0.4, -0.2) is 140 Å². The maximum Gasteiger partial charge on any atom is 0.317 e. The Labute approximate surface area is 508 Å². The molecule has 0 aromatic heterocycles. The van der Waals surface area contributed by atoms with Crippen LogP contribution in [0, 0.1) is 0 Å². The van der Waals surface area contributed by atoms with Crippen LogP contribution in [0.5, 0.6) is 0 Å². The van der Waals surface area contributed by atoms with E-state index in [1.54, 1.807) is 10.4 Å². The summed E-state index contributed by atoms with van der Waals surface area (Å²) in [7, 11) is -3.26. The van der Waals surface area contributed by atoms with E-state index in [0.717, 1.165) is 49.1 Å². The third kappa shape index (κ3) is 21.8. The summed E-state index contributed by atoms with van der Waals surface area (Å²) in [6.45, 7) is 43.8. The summed E-state index contributed by atoms with van der Waals surface area (Å²) in [5.74, 6) is 0. The van der Waals surface area contributed by atoms with E-state index in [-0.39, 0.29) is 0 Å². The first kappa shape index (κ1) is 71.5. The van der Waals surface area contributed by atoms with E-state index < -0.39 is 83.2 Å². The van der Waals surface area contributed by atoms with E-state index in [2.05, 4.69) is 292 Å². The van der Waals surface area contributed by atoms with Gasteiger partial charge in [0.25, 0.3) is 0 Å². The molecule has 4 aromatic carbocycles. The molecule has 9 nitrogen and oxygen atoms in total. The molecule has 0 unspecified atom stereocenters. The van der Waals surface area contributed by atoms with Gasteiger partial charge < -0.3 is 40.2 Å². The molecular weight excluding hydrogens is 1160 g/mol. The van der Waals surface area contributed by atoms with Crippen molar-refractivity contribution in [3.63, 3.8) is 0 Å². The average molecular weight is 1280 g/mol. The predicted molar refractivity (Wildman–Crippen MR) is 387 cm³/mol. The third-order valence-corrected chi connectivity index (χ3v) is 59.2. The van der Waals surface area contributed by atoms with E-state index in [0.29, 0.717) is 0 Å². The van der Waals surface area contributed by atoms with E-state index >= 15 is 0 Å². The van der Waals surface area contributed by atoms with Gasteiger partial charge in [-0.3, -0.25) is 0 Å². The second kappa shape index (κ2) is 28.7. The summed E-state index contributed by atoms with van der Waals surface area (Å²) < 4.78 is 36.9. The molecule has 0 bridgehead atoms. The first-order valence-electron chi connectivity index (χ1n) is 30.7. The molecule has 0 aliphatic carbocycles. The topological polar surface area (TPSA) is 59.1 Å². The van der Waals surface area contributed by atoms with Crippen LogP contribution in [0.15, 0.2) is 97.1 Å². The Balaban J connectivity index is 0.000000362. The molecule has 0 radical (unpaired) electrons. The third-order valence-electron chi connectivity index (χ3n) is 17.4. The fourth-order valence-corrected chi connectivity index (χ4v) is 64.4. The zero-order valence-electron chi connectivity index (χ0n) is 56.6. The Kier molecular flexibility index (Phi) is 25.3. The van der Waals surface area contributed by atoms with Crippen LogP contribution in [0.3, 0.4) is 0 Å². The monoisotopic (exact) mass is 1280 g/mol. The molecule has 0 spiro atoms. The SMILES string of the molecule is CCC[Si]1(C)O[Si](C)(CC[Si](C)(C)c2cccc(N(C)C)c2)O[Si](C)(CCC)O[Si](C)(CC[Si](C)(C)c2cccc(N(C)C)c2)O1.CN(C)c1cccc([Si](C)(C)CC[Si](C)(C)O[Si](C)(C)CC[Si](C)(C)c2cccc(N(C)C)c2)c1. The number of anilines is 4. The van der Waals surface area contributed by atoms with Crippen molar-refractivity contribution in [2.75, 3.05) is 76.0 Å². The van der Waals surface area contributed by atoms with Crippen LogP contribution in [0.1, 0.15) is 26.7 Å². The predicted octanol–water partition coefficient (Wildman–Crippen LogP) is 15.3. The van der Waals surface area contributed by atoms with E-state index in [1.165, 1.54) is 57.3 Å². The Morgan fingerprint density at radius 2 is 0.556 bits per heavy atom. The highest BCUT2D eigenvalue weighted by molar-refractivity contribution is 6.97. The van der Waals surface area contributed by atoms with E-state index in [4.69, 9.17) is 20.6 Å². The van der Waals surface area contributed by atoms with Crippen molar-refractivity contribution in [1.29, 1.82) is 0 Å². The molecule has 0 atom stereocenters. The van der Waals surface area contributed by atoms with Gasteiger partial charge >= 0.3 is 34.2 Å². The molecule has 456 valence electrons. The summed E-state index contributed by atoms with van der Waals surface area (Å²) in [4.78, 5) is 8.83. The zero-order chi connectivity index (χ0) is 61.3. The number of rotatable bonds is 26. The molecule has 4 aromatic rings. The lowest BCUT2D eigenvalue weighted by molar-refractivity contribution is 0.223. The lowest BCUT2D eigenvalue weighted by Gasteiger charge is -2.51. The van der Waals surface area contributed by atoms with Gasteiger partial charge in [0.2, 0.25) is 0 Å². The molecule has 1 aliphatic heterocycles. The van der Waals surface area contributed by atoms with Crippen LogP contribution >= 0.6 is 0 Å². The van der Waals surface area contributed by atoms with Gasteiger partial charge in [0.1, 0.15) is 0 Å². The number of nitrogens with zero attached hydrogens (tertiary/aromatic N) is 4. The fraction of sp³-hybridized carbons (Fsp3) is 0.613. The maximum absolute atomic E-state index is 7.44. The van der Waals surface area contributed by atoms with E-state index in [9.17, 15) is 0 Å². The van der Waals surface area contributed by atoms with Crippen molar-refractivity contribution < 1.29 is 20.6 Å². The minimum atomic E-state index is -2.61. The summed E-state index contributed by atoms with van der Waals surface area (Å²) >= 11 is 0. The molecule has 5 rings (SSSR count). The fourth-order valence-electron chi connectivity index (χ4n) is 11.8. The molecular formula is C62H118N4O5Si10. The first-order chi connectivity index (χ1) is 37.1. The van der Waals surface area contributed by atoms with Gasteiger partial charge in [-0.2, -0.15) is 0 Å². The summed E-state index contributed by atoms with van der Waals surface area (Å²) in [5.41, 5.74) is 5.17. The minimum Gasteiger partial charge on any atom is -0.456 e. The van der Waals surface area contributed by atoms with Gasteiger partial charge in [-0.05, 0) is 137 Å². The van der Waals surface area contributed by atoms with Gasteiger partial charge in [-0.25, -0.2) is 0 Å². The lowest BCUT2D eigenvalue weighted by Crippen LogP contribution is -2.67. The number of benzene rings is 4. The van der Waals surface area contributed by atoms with Crippen molar-refractivity contribution >= 4 is 127 Å². The Bertz CT molecular complexity index is 2430. The standard InChI is InChI=1S/C34H66N2O4Si6.C28H52N2OSi4/c1-15-23-43(11)37-45(13,27-25-41(7,8)33-21-17-19-31(29-33)35(3)4)39-44(12,24-16-2)40-46(14,38-43)28-26-42(9,10)34-22-18-20-32(30-34)36(5)6;1-29(2)25-15-13-17-27(23-25)32(5,6)19-21-34(9,10)31-35(11,12)22-20-33(7,8)28-18-14-16-26(24-28)30(3)4/h17-22,29-30H,15-16,23-28H2,1-14H3;13-18,23-24H,19-22H2,1-12H3. The quantitative estimate of drug-likeness (QED) is 0.0572. The second-order valence-electron chi connectivity index (χ2n) is 29.4. The molecule has 0 amide bonds. The van der Waals surface area contributed by atoms with Crippen LogP contribution in [-0.2, 0) is 20.6 Å². The van der Waals surface area contributed by atoms with Gasteiger partial charge in [-0.15, -0.1) is 0 Å².